The zero-order valence-corrected chi connectivity index (χ0v) is 12.6. The fourth-order valence-corrected chi connectivity index (χ4v) is 3.03. The van der Waals surface area contributed by atoms with Crippen LogP contribution in [0.1, 0.15) is 16.7 Å². The second kappa shape index (κ2) is 6.99. The standard InChI is InChI=1S/C16H18ClNS/c1-12-10-13(8-9-18)4-7-16(12)19-11-14-2-5-15(17)6-3-14/h2-7,10H,8-9,11,18H2,1H3. The van der Waals surface area contributed by atoms with Gasteiger partial charge in [-0.15, -0.1) is 11.8 Å². The monoisotopic (exact) mass is 291 g/mol. The summed E-state index contributed by atoms with van der Waals surface area (Å²) in [6.45, 7) is 2.86. The van der Waals surface area contributed by atoms with Crippen molar-refractivity contribution in [2.45, 2.75) is 24.0 Å². The Morgan fingerprint density at radius 2 is 1.74 bits per heavy atom. The van der Waals surface area contributed by atoms with Gasteiger partial charge in [-0.1, -0.05) is 35.9 Å². The molecule has 0 aliphatic rings. The van der Waals surface area contributed by atoms with E-state index in [1.807, 2.05) is 23.9 Å². The summed E-state index contributed by atoms with van der Waals surface area (Å²) in [7, 11) is 0. The number of halogens is 1. The summed E-state index contributed by atoms with van der Waals surface area (Å²) in [5.41, 5.74) is 9.51. The van der Waals surface area contributed by atoms with Crippen molar-refractivity contribution in [3.05, 3.63) is 64.2 Å². The van der Waals surface area contributed by atoms with Crippen molar-refractivity contribution in [2.75, 3.05) is 6.54 Å². The summed E-state index contributed by atoms with van der Waals surface area (Å²) in [6.07, 6.45) is 0.947. The van der Waals surface area contributed by atoms with Gasteiger partial charge in [0.25, 0.3) is 0 Å². The maximum Gasteiger partial charge on any atom is 0.0406 e. The highest BCUT2D eigenvalue weighted by atomic mass is 35.5. The van der Waals surface area contributed by atoms with Gasteiger partial charge in [-0.05, 0) is 54.8 Å². The van der Waals surface area contributed by atoms with Gasteiger partial charge >= 0.3 is 0 Å². The summed E-state index contributed by atoms with van der Waals surface area (Å²) in [5, 5.41) is 0.788. The highest BCUT2D eigenvalue weighted by Crippen LogP contribution is 2.27. The van der Waals surface area contributed by atoms with E-state index in [-0.39, 0.29) is 0 Å². The lowest BCUT2D eigenvalue weighted by Crippen LogP contribution is -2.02. The van der Waals surface area contributed by atoms with E-state index < -0.39 is 0 Å². The average Bonchev–Trinajstić information content (AvgIpc) is 2.40. The third kappa shape index (κ3) is 4.27. The third-order valence-electron chi connectivity index (χ3n) is 2.98. The lowest BCUT2D eigenvalue weighted by atomic mass is 10.1. The molecule has 0 aliphatic carbocycles. The van der Waals surface area contributed by atoms with Crippen molar-refractivity contribution in [2.24, 2.45) is 5.73 Å². The summed E-state index contributed by atoms with van der Waals surface area (Å²) in [4.78, 5) is 1.33. The molecule has 0 radical (unpaired) electrons. The summed E-state index contributed by atoms with van der Waals surface area (Å²) >= 11 is 7.74. The molecule has 100 valence electrons. The van der Waals surface area contributed by atoms with Gasteiger partial charge in [-0.25, -0.2) is 0 Å². The van der Waals surface area contributed by atoms with Crippen LogP contribution in [-0.4, -0.2) is 6.54 Å². The molecule has 1 nitrogen and oxygen atoms in total. The van der Waals surface area contributed by atoms with Gasteiger partial charge in [-0.3, -0.25) is 0 Å². The molecule has 3 heteroatoms. The third-order valence-corrected chi connectivity index (χ3v) is 4.48. The molecule has 0 fully saturated rings. The summed E-state index contributed by atoms with van der Waals surface area (Å²) in [6, 6.07) is 14.6. The minimum atomic E-state index is 0.705. The van der Waals surface area contributed by atoms with Crippen molar-refractivity contribution < 1.29 is 0 Å². The van der Waals surface area contributed by atoms with Gasteiger partial charge < -0.3 is 5.73 Å². The van der Waals surface area contributed by atoms with Gasteiger partial charge in [0.2, 0.25) is 0 Å². The van der Waals surface area contributed by atoms with Crippen LogP contribution in [0.25, 0.3) is 0 Å². The Morgan fingerprint density at radius 1 is 1.05 bits per heavy atom. The second-order valence-corrected chi connectivity index (χ2v) is 6.01. The van der Waals surface area contributed by atoms with E-state index >= 15 is 0 Å². The normalized spacial score (nSPS) is 10.7. The molecule has 0 bridgehead atoms. The molecule has 0 saturated heterocycles. The van der Waals surface area contributed by atoms with E-state index in [1.54, 1.807) is 0 Å². The summed E-state index contributed by atoms with van der Waals surface area (Å²) < 4.78 is 0. The smallest absolute Gasteiger partial charge is 0.0406 e. The van der Waals surface area contributed by atoms with Crippen LogP contribution in [0.5, 0.6) is 0 Å². The van der Waals surface area contributed by atoms with Gasteiger partial charge in [0.15, 0.2) is 0 Å². The minimum absolute atomic E-state index is 0.705. The zero-order chi connectivity index (χ0) is 13.7. The van der Waals surface area contributed by atoms with Crippen molar-refractivity contribution in [1.29, 1.82) is 0 Å². The second-order valence-electron chi connectivity index (χ2n) is 4.55. The Hall–Kier alpha value is -0.960. The molecule has 0 heterocycles. The molecule has 2 rings (SSSR count). The molecule has 0 unspecified atom stereocenters. The van der Waals surface area contributed by atoms with Crippen LogP contribution in [-0.2, 0) is 12.2 Å². The van der Waals surface area contributed by atoms with Gasteiger partial charge in [-0.2, -0.15) is 0 Å². The molecule has 0 aliphatic heterocycles. The van der Waals surface area contributed by atoms with Crippen LogP contribution in [0.3, 0.4) is 0 Å². The average molecular weight is 292 g/mol. The molecular weight excluding hydrogens is 274 g/mol. The lowest BCUT2D eigenvalue weighted by Gasteiger charge is -2.08. The van der Waals surface area contributed by atoms with Crippen molar-refractivity contribution in [1.82, 2.24) is 0 Å². The Balaban J connectivity index is 2.01. The number of hydrogen-bond acceptors (Lipinski definition) is 2. The Bertz CT molecular complexity index is 537. The Kier molecular flexibility index (Phi) is 5.32. The van der Waals surface area contributed by atoms with Crippen LogP contribution in [0.4, 0.5) is 0 Å². The highest BCUT2D eigenvalue weighted by Gasteiger charge is 2.02. The molecule has 2 N–H and O–H groups in total. The van der Waals surface area contributed by atoms with Crippen LogP contribution in [0, 0.1) is 6.92 Å². The number of aryl methyl sites for hydroxylation is 1. The number of nitrogens with two attached hydrogens (primary N) is 1. The molecule has 19 heavy (non-hydrogen) atoms. The van der Waals surface area contributed by atoms with E-state index in [0.29, 0.717) is 6.54 Å². The first-order valence-electron chi connectivity index (χ1n) is 6.36. The highest BCUT2D eigenvalue weighted by molar-refractivity contribution is 7.98. The van der Waals surface area contributed by atoms with Gasteiger partial charge in [0, 0.05) is 15.7 Å². The number of thioether (sulfide) groups is 1. The SMILES string of the molecule is Cc1cc(CCN)ccc1SCc1ccc(Cl)cc1. The van der Waals surface area contributed by atoms with Crippen molar-refractivity contribution >= 4 is 23.4 Å². The predicted octanol–water partition coefficient (Wildman–Crippen LogP) is 4.44. The molecule has 2 aromatic rings. The summed E-state index contributed by atoms with van der Waals surface area (Å²) in [5.74, 6) is 0.967. The quantitative estimate of drug-likeness (QED) is 0.824. The van der Waals surface area contributed by atoms with Gasteiger partial charge in [0.05, 0.1) is 0 Å². The molecule has 2 aromatic carbocycles. The number of hydrogen-bond donors (Lipinski definition) is 1. The molecule has 0 atom stereocenters. The zero-order valence-electron chi connectivity index (χ0n) is 11.0. The van der Waals surface area contributed by atoms with Crippen molar-refractivity contribution in [3.63, 3.8) is 0 Å². The van der Waals surface area contributed by atoms with Crippen LogP contribution in [0.15, 0.2) is 47.4 Å². The lowest BCUT2D eigenvalue weighted by molar-refractivity contribution is 0.963. The predicted molar refractivity (Wildman–Crippen MR) is 85.0 cm³/mol. The van der Waals surface area contributed by atoms with E-state index in [1.165, 1.54) is 21.6 Å². The van der Waals surface area contributed by atoms with Crippen LogP contribution >= 0.6 is 23.4 Å². The van der Waals surface area contributed by atoms with Crippen LogP contribution in [0.2, 0.25) is 5.02 Å². The molecule has 0 saturated carbocycles. The van der Waals surface area contributed by atoms with Crippen molar-refractivity contribution in [3.8, 4) is 0 Å². The Morgan fingerprint density at radius 3 is 2.37 bits per heavy atom. The molecule has 0 spiro atoms. The molecule has 0 amide bonds. The first-order chi connectivity index (χ1) is 9.19. The molecule has 0 aromatic heterocycles. The first kappa shape index (κ1) is 14.4. The first-order valence-corrected chi connectivity index (χ1v) is 7.72. The fraction of sp³-hybridized carbons (Fsp3) is 0.250. The maximum absolute atomic E-state index is 5.88. The maximum atomic E-state index is 5.88. The van der Waals surface area contributed by atoms with Crippen LogP contribution < -0.4 is 5.73 Å². The Labute approximate surface area is 124 Å². The van der Waals surface area contributed by atoms with E-state index in [0.717, 1.165) is 17.2 Å². The van der Waals surface area contributed by atoms with E-state index in [9.17, 15) is 0 Å². The molecular formula is C16H18ClNS. The van der Waals surface area contributed by atoms with E-state index in [4.69, 9.17) is 17.3 Å². The number of rotatable bonds is 5. The largest absolute Gasteiger partial charge is 0.330 e. The topological polar surface area (TPSA) is 26.0 Å². The number of benzene rings is 2. The minimum Gasteiger partial charge on any atom is -0.330 e. The van der Waals surface area contributed by atoms with E-state index in [2.05, 4.69) is 37.3 Å². The fourth-order valence-electron chi connectivity index (χ4n) is 1.94. The van der Waals surface area contributed by atoms with Gasteiger partial charge in [0.1, 0.15) is 0 Å².